The SMILES string of the molecule is CC(C)(C)c1cc(N)c(-c2ccccc2)c(C(C)(C)C)c1. The third kappa shape index (κ3) is 3.29. The van der Waals surface area contributed by atoms with Crippen LogP contribution in [0.3, 0.4) is 0 Å². The van der Waals surface area contributed by atoms with Gasteiger partial charge in [-0.15, -0.1) is 0 Å². The number of anilines is 1. The molecule has 0 aliphatic rings. The number of nitrogen functional groups attached to an aromatic ring is 1. The van der Waals surface area contributed by atoms with Crippen molar-refractivity contribution in [2.24, 2.45) is 0 Å². The average molecular weight is 281 g/mol. The first-order valence-electron chi connectivity index (χ1n) is 7.60. The van der Waals surface area contributed by atoms with Crippen LogP contribution in [-0.2, 0) is 10.8 Å². The Labute approximate surface area is 129 Å². The van der Waals surface area contributed by atoms with Crippen molar-refractivity contribution in [3.63, 3.8) is 0 Å². The Bertz CT molecular complexity index is 625. The molecule has 0 spiro atoms. The third-order valence-corrected chi connectivity index (χ3v) is 3.91. The van der Waals surface area contributed by atoms with Crippen LogP contribution < -0.4 is 5.73 Å². The van der Waals surface area contributed by atoms with Gasteiger partial charge in [-0.05, 0) is 33.6 Å². The Balaban J connectivity index is 2.77. The van der Waals surface area contributed by atoms with E-state index < -0.39 is 0 Å². The topological polar surface area (TPSA) is 26.0 Å². The van der Waals surface area contributed by atoms with E-state index in [0.29, 0.717) is 0 Å². The zero-order valence-electron chi connectivity index (χ0n) is 14.1. The molecule has 0 fully saturated rings. The lowest BCUT2D eigenvalue weighted by atomic mass is 9.76. The second kappa shape index (κ2) is 5.22. The van der Waals surface area contributed by atoms with Crippen molar-refractivity contribution in [1.82, 2.24) is 0 Å². The van der Waals surface area contributed by atoms with Crippen LogP contribution >= 0.6 is 0 Å². The number of benzene rings is 2. The lowest BCUT2D eigenvalue weighted by Crippen LogP contribution is -2.18. The minimum absolute atomic E-state index is 0.0561. The van der Waals surface area contributed by atoms with E-state index in [4.69, 9.17) is 5.73 Å². The maximum Gasteiger partial charge on any atom is 0.0399 e. The van der Waals surface area contributed by atoms with Gasteiger partial charge in [0.15, 0.2) is 0 Å². The minimum Gasteiger partial charge on any atom is -0.398 e. The predicted octanol–water partition coefficient (Wildman–Crippen LogP) is 5.53. The normalized spacial score (nSPS) is 12.5. The summed E-state index contributed by atoms with van der Waals surface area (Å²) in [5.41, 5.74) is 12.5. The fraction of sp³-hybridized carbons (Fsp3) is 0.400. The molecule has 0 aliphatic heterocycles. The van der Waals surface area contributed by atoms with E-state index in [1.54, 1.807) is 0 Å². The molecule has 0 aromatic heterocycles. The van der Waals surface area contributed by atoms with Gasteiger partial charge >= 0.3 is 0 Å². The Morgan fingerprint density at radius 1 is 0.762 bits per heavy atom. The van der Waals surface area contributed by atoms with Crippen LogP contribution in [0.2, 0.25) is 0 Å². The molecule has 112 valence electrons. The fourth-order valence-electron chi connectivity index (χ4n) is 2.62. The van der Waals surface area contributed by atoms with Crippen LogP contribution in [0.15, 0.2) is 42.5 Å². The number of hydrogen-bond donors (Lipinski definition) is 1. The van der Waals surface area contributed by atoms with Crippen molar-refractivity contribution in [3.05, 3.63) is 53.6 Å². The first-order chi connectivity index (χ1) is 9.60. The summed E-state index contributed by atoms with van der Waals surface area (Å²) >= 11 is 0. The second-order valence-corrected chi connectivity index (χ2v) is 7.85. The zero-order valence-corrected chi connectivity index (χ0v) is 14.1. The van der Waals surface area contributed by atoms with Gasteiger partial charge in [0.2, 0.25) is 0 Å². The Morgan fingerprint density at radius 2 is 1.33 bits per heavy atom. The van der Waals surface area contributed by atoms with Crippen LogP contribution in [0.25, 0.3) is 11.1 Å². The molecule has 1 nitrogen and oxygen atoms in total. The van der Waals surface area contributed by atoms with Crippen LogP contribution in [0.4, 0.5) is 5.69 Å². The third-order valence-electron chi connectivity index (χ3n) is 3.91. The first kappa shape index (κ1) is 15.6. The van der Waals surface area contributed by atoms with Crippen molar-refractivity contribution >= 4 is 5.69 Å². The van der Waals surface area contributed by atoms with E-state index in [9.17, 15) is 0 Å². The van der Waals surface area contributed by atoms with Gasteiger partial charge in [0.1, 0.15) is 0 Å². The highest BCUT2D eigenvalue weighted by Crippen LogP contribution is 2.40. The highest BCUT2D eigenvalue weighted by molar-refractivity contribution is 5.81. The van der Waals surface area contributed by atoms with Gasteiger partial charge in [-0.2, -0.15) is 0 Å². The van der Waals surface area contributed by atoms with Gasteiger partial charge in [-0.1, -0.05) is 77.9 Å². The monoisotopic (exact) mass is 281 g/mol. The summed E-state index contributed by atoms with van der Waals surface area (Å²) < 4.78 is 0. The first-order valence-corrected chi connectivity index (χ1v) is 7.60. The molecule has 0 saturated carbocycles. The number of hydrogen-bond acceptors (Lipinski definition) is 1. The fourth-order valence-corrected chi connectivity index (χ4v) is 2.62. The summed E-state index contributed by atoms with van der Waals surface area (Å²) in [6, 6.07) is 14.9. The van der Waals surface area contributed by atoms with Crippen LogP contribution in [0.1, 0.15) is 52.7 Å². The standard InChI is InChI=1S/C20H27N/c1-19(2,3)15-12-16(20(4,5)6)18(17(21)13-15)14-10-8-7-9-11-14/h7-13H,21H2,1-6H3. The Hall–Kier alpha value is -1.76. The van der Waals surface area contributed by atoms with Crippen LogP contribution in [0, 0.1) is 0 Å². The van der Waals surface area contributed by atoms with Crippen molar-refractivity contribution in [3.8, 4) is 11.1 Å². The Kier molecular flexibility index (Phi) is 3.88. The molecule has 2 N–H and O–H groups in total. The summed E-state index contributed by atoms with van der Waals surface area (Å²) in [4.78, 5) is 0. The molecule has 2 aromatic carbocycles. The summed E-state index contributed by atoms with van der Waals surface area (Å²) in [5, 5.41) is 0. The van der Waals surface area contributed by atoms with Gasteiger partial charge in [0.05, 0.1) is 0 Å². The quantitative estimate of drug-likeness (QED) is 0.683. The van der Waals surface area contributed by atoms with Crippen LogP contribution in [-0.4, -0.2) is 0 Å². The molecule has 2 rings (SSSR count). The summed E-state index contributed by atoms with van der Waals surface area (Å²) in [6.45, 7) is 13.4. The van der Waals surface area contributed by atoms with Crippen molar-refractivity contribution < 1.29 is 0 Å². The van der Waals surface area contributed by atoms with E-state index in [-0.39, 0.29) is 10.8 Å². The van der Waals surface area contributed by atoms with Crippen molar-refractivity contribution in [2.45, 2.75) is 52.4 Å². The molecule has 1 heteroatoms. The molecular formula is C20H27N. The van der Waals surface area contributed by atoms with E-state index in [1.165, 1.54) is 22.3 Å². The smallest absolute Gasteiger partial charge is 0.0399 e. The molecule has 2 aromatic rings. The summed E-state index contributed by atoms with van der Waals surface area (Å²) in [6.07, 6.45) is 0. The van der Waals surface area contributed by atoms with Gasteiger partial charge in [-0.3, -0.25) is 0 Å². The van der Waals surface area contributed by atoms with Gasteiger partial charge in [0.25, 0.3) is 0 Å². The maximum absolute atomic E-state index is 6.45. The molecule has 0 aliphatic carbocycles. The zero-order chi connectivity index (χ0) is 15.8. The molecule has 0 bridgehead atoms. The molecule has 0 heterocycles. The molecule has 0 radical (unpaired) electrons. The van der Waals surface area contributed by atoms with E-state index >= 15 is 0 Å². The van der Waals surface area contributed by atoms with Crippen molar-refractivity contribution in [1.29, 1.82) is 0 Å². The van der Waals surface area contributed by atoms with E-state index in [2.05, 4.69) is 77.9 Å². The summed E-state index contributed by atoms with van der Waals surface area (Å²) in [7, 11) is 0. The van der Waals surface area contributed by atoms with Gasteiger partial charge < -0.3 is 5.73 Å². The summed E-state index contributed by atoms with van der Waals surface area (Å²) in [5.74, 6) is 0. The van der Waals surface area contributed by atoms with E-state index in [0.717, 1.165) is 5.69 Å². The van der Waals surface area contributed by atoms with Crippen molar-refractivity contribution in [2.75, 3.05) is 5.73 Å². The highest BCUT2D eigenvalue weighted by Gasteiger charge is 2.24. The van der Waals surface area contributed by atoms with Crippen LogP contribution in [0.5, 0.6) is 0 Å². The molecule has 0 unspecified atom stereocenters. The minimum atomic E-state index is 0.0561. The molecule has 0 atom stereocenters. The van der Waals surface area contributed by atoms with Gasteiger partial charge in [-0.25, -0.2) is 0 Å². The lowest BCUT2D eigenvalue weighted by Gasteiger charge is -2.29. The molecule has 0 amide bonds. The average Bonchev–Trinajstić information content (AvgIpc) is 2.36. The Morgan fingerprint density at radius 3 is 1.81 bits per heavy atom. The maximum atomic E-state index is 6.45. The second-order valence-electron chi connectivity index (χ2n) is 7.85. The number of rotatable bonds is 1. The van der Waals surface area contributed by atoms with Gasteiger partial charge in [0, 0.05) is 11.3 Å². The largest absolute Gasteiger partial charge is 0.398 e. The predicted molar refractivity (Wildman–Crippen MR) is 93.7 cm³/mol. The van der Waals surface area contributed by atoms with E-state index in [1.807, 2.05) is 6.07 Å². The highest BCUT2D eigenvalue weighted by atomic mass is 14.6. The molecule has 0 saturated heterocycles. The molecule has 21 heavy (non-hydrogen) atoms. The number of nitrogens with two attached hydrogens (primary N) is 1. The lowest BCUT2D eigenvalue weighted by molar-refractivity contribution is 0.570. The molecular weight excluding hydrogens is 254 g/mol.